The first-order valence-corrected chi connectivity index (χ1v) is 10.3. The lowest BCUT2D eigenvalue weighted by molar-refractivity contribution is -0.117. The third-order valence-corrected chi connectivity index (χ3v) is 5.34. The highest BCUT2D eigenvalue weighted by molar-refractivity contribution is 6.43. The predicted molar refractivity (Wildman–Crippen MR) is 116 cm³/mol. The van der Waals surface area contributed by atoms with E-state index in [1.807, 2.05) is 55.5 Å². The molecule has 0 saturated heterocycles. The first-order chi connectivity index (χ1) is 15.0. The number of aryl methyl sites for hydroxylation is 1. The Morgan fingerprint density at radius 2 is 1.74 bits per heavy atom. The Morgan fingerprint density at radius 3 is 2.48 bits per heavy atom. The van der Waals surface area contributed by atoms with Gasteiger partial charge >= 0.3 is 0 Å². The van der Waals surface area contributed by atoms with Gasteiger partial charge in [0.05, 0.1) is 41.9 Å². The van der Waals surface area contributed by atoms with Crippen molar-refractivity contribution >= 4 is 11.7 Å². The van der Waals surface area contributed by atoms with Gasteiger partial charge in [0.25, 0.3) is 11.7 Å². The molecule has 0 fully saturated rings. The maximum absolute atomic E-state index is 13.0. The standard InChI is InChI=1S/C24H25N3O4/c1-15(18-10-11-20-21(14-18)31-13-7-12-30-20)25-24(29)23(28)22-16(2)26-27(17(22)3)19-8-5-4-6-9-19/h4-6,8-11,14-15H,7,12-13H2,1-3H3,(H,25,29)/t15-/m0/s1. The van der Waals surface area contributed by atoms with Crippen molar-refractivity contribution in [2.24, 2.45) is 0 Å². The number of hydrogen-bond donors (Lipinski definition) is 1. The van der Waals surface area contributed by atoms with Crippen LogP contribution in [-0.2, 0) is 4.79 Å². The number of benzene rings is 2. The van der Waals surface area contributed by atoms with Crippen LogP contribution in [0.1, 0.15) is 46.7 Å². The minimum absolute atomic E-state index is 0.326. The molecule has 0 spiro atoms. The Labute approximate surface area is 181 Å². The van der Waals surface area contributed by atoms with E-state index in [-0.39, 0.29) is 6.04 Å². The molecule has 3 aromatic rings. The van der Waals surface area contributed by atoms with Crippen LogP contribution < -0.4 is 14.8 Å². The second kappa shape index (κ2) is 8.63. The Morgan fingerprint density at radius 1 is 1.03 bits per heavy atom. The third-order valence-electron chi connectivity index (χ3n) is 5.34. The van der Waals surface area contributed by atoms with Gasteiger partial charge in [0, 0.05) is 6.42 Å². The highest BCUT2D eigenvalue weighted by Gasteiger charge is 2.26. The first-order valence-electron chi connectivity index (χ1n) is 10.3. The number of fused-ring (bicyclic) bond motifs is 1. The Balaban J connectivity index is 1.52. The number of ether oxygens (including phenoxy) is 2. The van der Waals surface area contributed by atoms with Crippen LogP contribution in [0.25, 0.3) is 5.69 Å². The summed E-state index contributed by atoms with van der Waals surface area (Å²) in [6.45, 7) is 6.56. The fraction of sp³-hybridized carbons (Fsp3) is 0.292. The van der Waals surface area contributed by atoms with Crippen LogP contribution in [0.3, 0.4) is 0 Å². The summed E-state index contributed by atoms with van der Waals surface area (Å²) < 4.78 is 13.1. The van der Waals surface area contributed by atoms with Crippen molar-refractivity contribution < 1.29 is 19.1 Å². The number of hydrogen-bond acceptors (Lipinski definition) is 5. The minimum Gasteiger partial charge on any atom is -0.490 e. The van der Waals surface area contributed by atoms with Crippen molar-refractivity contribution in [3.8, 4) is 17.2 Å². The second-order valence-corrected chi connectivity index (χ2v) is 7.57. The van der Waals surface area contributed by atoms with Gasteiger partial charge in [-0.05, 0) is 50.6 Å². The zero-order valence-corrected chi connectivity index (χ0v) is 17.8. The summed E-state index contributed by atoms with van der Waals surface area (Å²) >= 11 is 0. The van der Waals surface area contributed by atoms with E-state index in [1.54, 1.807) is 18.5 Å². The molecule has 1 amide bonds. The third kappa shape index (κ3) is 4.17. The van der Waals surface area contributed by atoms with Crippen molar-refractivity contribution in [2.45, 2.75) is 33.2 Å². The number of nitrogens with one attached hydrogen (secondary N) is 1. The fourth-order valence-corrected chi connectivity index (χ4v) is 3.70. The van der Waals surface area contributed by atoms with E-state index in [1.165, 1.54) is 0 Å². The molecule has 0 unspecified atom stereocenters. The van der Waals surface area contributed by atoms with Gasteiger partial charge in [0.2, 0.25) is 0 Å². The lowest BCUT2D eigenvalue weighted by atomic mass is 10.1. The zero-order chi connectivity index (χ0) is 22.0. The number of para-hydroxylation sites is 1. The van der Waals surface area contributed by atoms with Crippen molar-refractivity contribution in [2.75, 3.05) is 13.2 Å². The summed E-state index contributed by atoms with van der Waals surface area (Å²) in [6, 6.07) is 14.7. The molecule has 0 radical (unpaired) electrons. The highest BCUT2D eigenvalue weighted by Crippen LogP contribution is 2.32. The molecule has 1 atom stereocenters. The average molecular weight is 419 g/mol. The number of aromatic nitrogens is 2. The molecule has 7 heteroatoms. The lowest BCUT2D eigenvalue weighted by Gasteiger charge is -2.16. The van der Waals surface area contributed by atoms with E-state index in [0.29, 0.717) is 41.7 Å². The number of nitrogens with zero attached hydrogens (tertiary/aromatic N) is 2. The highest BCUT2D eigenvalue weighted by atomic mass is 16.5. The molecule has 0 saturated carbocycles. The van der Waals surface area contributed by atoms with E-state index in [4.69, 9.17) is 9.47 Å². The van der Waals surface area contributed by atoms with Gasteiger partial charge in [-0.15, -0.1) is 0 Å². The number of carbonyl (C=O) groups is 2. The maximum Gasteiger partial charge on any atom is 0.293 e. The molecule has 160 valence electrons. The average Bonchev–Trinajstić information content (AvgIpc) is 2.93. The molecule has 1 N–H and O–H groups in total. The number of rotatable bonds is 5. The molecule has 1 aliphatic rings. The van der Waals surface area contributed by atoms with Gasteiger partial charge in [-0.1, -0.05) is 24.3 Å². The molecule has 2 heterocycles. The summed E-state index contributed by atoms with van der Waals surface area (Å²) in [4.78, 5) is 25.7. The Hall–Kier alpha value is -3.61. The van der Waals surface area contributed by atoms with Crippen molar-refractivity contribution in [3.63, 3.8) is 0 Å². The van der Waals surface area contributed by atoms with Crippen molar-refractivity contribution in [1.29, 1.82) is 0 Å². The van der Waals surface area contributed by atoms with E-state index >= 15 is 0 Å². The van der Waals surface area contributed by atoms with Crippen LogP contribution in [0.4, 0.5) is 0 Å². The van der Waals surface area contributed by atoms with Crippen LogP contribution in [0.5, 0.6) is 11.5 Å². The molecule has 1 aliphatic heterocycles. The second-order valence-electron chi connectivity index (χ2n) is 7.57. The monoisotopic (exact) mass is 419 g/mol. The topological polar surface area (TPSA) is 82.5 Å². The molecule has 1 aromatic heterocycles. The fourth-order valence-electron chi connectivity index (χ4n) is 3.70. The van der Waals surface area contributed by atoms with Crippen LogP contribution in [0.2, 0.25) is 0 Å². The van der Waals surface area contributed by atoms with Crippen LogP contribution in [0.15, 0.2) is 48.5 Å². The minimum atomic E-state index is -0.668. The van der Waals surface area contributed by atoms with Crippen molar-refractivity contribution in [1.82, 2.24) is 15.1 Å². The molecule has 0 bridgehead atoms. The molecule has 31 heavy (non-hydrogen) atoms. The van der Waals surface area contributed by atoms with E-state index in [0.717, 1.165) is 17.7 Å². The van der Waals surface area contributed by atoms with Gasteiger partial charge in [-0.25, -0.2) is 4.68 Å². The first kappa shape index (κ1) is 20.7. The number of carbonyl (C=O) groups excluding carboxylic acids is 2. The Bertz CT molecular complexity index is 1120. The maximum atomic E-state index is 13.0. The van der Waals surface area contributed by atoms with Gasteiger partial charge in [0.1, 0.15) is 0 Å². The lowest BCUT2D eigenvalue weighted by Crippen LogP contribution is -2.33. The number of amides is 1. The molecule has 4 rings (SSSR count). The summed E-state index contributed by atoms with van der Waals surface area (Å²) in [5.41, 5.74) is 3.14. The van der Waals surface area contributed by atoms with Gasteiger partial charge in [-0.2, -0.15) is 5.10 Å². The smallest absolute Gasteiger partial charge is 0.293 e. The van der Waals surface area contributed by atoms with Crippen LogP contribution in [-0.4, -0.2) is 34.7 Å². The van der Waals surface area contributed by atoms with Crippen molar-refractivity contribution in [3.05, 3.63) is 71.0 Å². The van der Waals surface area contributed by atoms with Crippen LogP contribution >= 0.6 is 0 Å². The van der Waals surface area contributed by atoms with Gasteiger partial charge < -0.3 is 14.8 Å². The van der Waals surface area contributed by atoms with Gasteiger partial charge in [0.15, 0.2) is 11.5 Å². The quantitative estimate of drug-likeness (QED) is 0.504. The zero-order valence-electron chi connectivity index (χ0n) is 17.8. The van der Waals surface area contributed by atoms with Gasteiger partial charge in [-0.3, -0.25) is 9.59 Å². The molecule has 2 aromatic carbocycles. The SMILES string of the molecule is Cc1nn(-c2ccccc2)c(C)c1C(=O)C(=O)N[C@@H](C)c1ccc2c(c1)OCCCO2. The summed E-state index contributed by atoms with van der Waals surface area (Å²) in [7, 11) is 0. The number of ketones is 1. The number of Topliss-reactive ketones (excluding diaryl/α,β-unsaturated/α-hetero) is 1. The molecule has 0 aliphatic carbocycles. The predicted octanol–water partition coefficient (Wildman–Crippen LogP) is 3.71. The molecular weight excluding hydrogens is 394 g/mol. The Kier molecular flexibility index (Phi) is 5.75. The largest absolute Gasteiger partial charge is 0.490 e. The summed E-state index contributed by atoms with van der Waals surface area (Å²) in [5.74, 6) is 0.0745. The van der Waals surface area contributed by atoms with E-state index < -0.39 is 11.7 Å². The molecular formula is C24H25N3O4. The summed E-state index contributed by atoms with van der Waals surface area (Å²) in [6.07, 6.45) is 0.820. The van der Waals surface area contributed by atoms with Crippen LogP contribution in [0, 0.1) is 13.8 Å². The van der Waals surface area contributed by atoms with E-state index in [2.05, 4.69) is 10.4 Å². The summed E-state index contributed by atoms with van der Waals surface area (Å²) in [5, 5.41) is 7.26. The normalized spacial score (nSPS) is 13.9. The molecule has 7 nitrogen and oxygen atoms in total. The van der Waals surface area contributed by atoms with E-state index in [9.17, 15) is 9.59 Å².